The van der Waals surface area contributed by atoms with E-state index in [1.54, 1.807) is 0 Å². The topological polar surface area (TPSA) is 103 Å². The van der Waals surface area contributed by atoms with Crippen LogP contribution in [0.1, 0.15) is 214 Å². The van der Waals surface area contributed by atoms with E-state index in [-0.39, 0.29) is 60.3 Å². The first kappa shape index (κ1) is 51.7. The minimum absolute atomic E-state index is 0.0406. The standard InChI is InChI=1S/C49H81NO7/c1-12-14-16-18-20-21-23-25-29-38(28-24-22-19-17-15-13-2)35-55-43(51)30-26-27-31-44(52)56-36-49(9,10)37-57-46(54)42(50-11)34-39-32-40(47(3,4)5)45(53)41(33-39)48(6,7)8/h32-34,38,53H,12-31,35-37H2,1-10H3. The van der Waals surface area contributed by atoms with Gasteiger partial charge in [-0.2, -0.15) is 0 Å². The minimum Gasteiger partial charge on any atom is -0.507 e. The van der Waals surface area contributed by atoms with Crippen molar-refractivity contribution in [3.63, 3.8) is 0 Å². The number of carbonyl (C=O) groups excluding carboxylic acids is 3. The van der Waals surface area contributed by atoms with Crippen LogP contribution in [0.4, 0.5) is 0 Å². The van der Waals surface area contributed by atoms with Crippen molar-refractivity contribution in [2.24, 2.45) is 11.3 Å². The van der Waals surface area contributed by atoms with E-state index in [0.717, 1.165) is 24.0 Å². The van der Waals surface area contributed by atoms with E-state index in [4.69, 9.17) is 20.8 Å². The Kier molecular flexibility index (Phi) is 24.8. The van der Waals surface area contributed by atoms with Gasteiger partial charge in [-0.3, -0.25) is 14.4 Å². The zero-order valence-corrected chi connectivity index (χ0v) is 37.9. The molecular formula is C49H81NO7. The maximum absolute atomic E-state index is 13.0. The average Bonchev–Trinajstić information content (AvgIpc) is 3.14. The number of unbranched alkanes of at least 4 members (excludes halogenated alkanes) is 13. The second-order valence-electron chi connectivity index (χ2n) is 19.1. The summed E-state index contributed by atoms with van der Waals surface area (Å²) in [6.45, 7) is 28.3. The molecule has 1 aromatic carbocycles. The van der Waals surface area contributed by atoms with Crippen LogP contribution in [0.25, 0.3) is 10.9 Å². The zero-order chi connectivity index (χ0) is 42.9. The number of hydrogen-bond donors (Lipinski definition) is 1. The Hall–Kier alpha value is -3.34. The van der Waals surface area contributed by atoms with Crippen molar-refractivity contribution < 1.29 is 33.7 Å². The molecule has 0 saturated carbocycles. The number of esters is 3. The molecule has 0 saturated heterocycles. The third-order valence-electron chi connectivity index (χ3n) is 10.5. The van der Waals surface area contributed by atoms with Crippen LogP contribution in [0.2, 0.25) is 0 Å². The summed E-state index contributed by atoms with van der Waals surface area (Å²) in [5.74, 6) is -0.687. The molecule has 1 atom stereocenters. The molecule has 1 rings (SSSR count). The fraction of sp³-hybridized carbons (Fsp3) is 0.755. The molecule has 0 spiro atoms. The SMILES string of the molecule is [C-]#[N+]C(=Cc1cc(C(C)(C)C)c(O)c(C(C)(C)C)c1)C(=O)OCC(C)(C)COC(=O)CCCCC(=O)OCC(CCCCCCCC)CCCCCCCCCC. The number of phenolic OH excluding ortho intramolecular Hbond substituents is 1. The van der Waals surface area contributed by atoms with Gasteiger partial charge >= 0.3 is 17.9 Å². The van der Waals surface area contributed by atoms with Gasteiger partial charge in [0.2, 0.25) is 0 Å². The monoisotopic (exact) mass is 796 g/mol. The van der Waals surface area contributed by atoms with E-state index in [1.165, 1.54) is 96.0 Å². The van der Waals surface area contributed by atoms with E-state index in [9.17, 15) is 19.5 Å². The number of nitrogens with zero attached hydrogens (tertiary/aromatic N) is 1. The normalized spacial score (nSPS) is 12.9. The molecular weight excluding hydrogens is 715 g/mol. The summed E-state index contributed by atoms with van der Waals surface area (Å²) in [5, 5.41) is 11.0. The second kappa shape index (κ2) is 27.4. The third kappa shape index (κ3) is 23.0. The lowest BCUT2D eigenvalue weighted by molar-refractivity contribution is -0.151. The highest BCUT2D eigenvalue weighted by Crippen LogP contribution is 2.40. The molecule has 0 aliphatic heterocycles. The lowest BCUT2D eigenvalue weighted by Gasteiger charge is -2.28. The van der Waals surface area contributed by atoms with Gasteiger partial charge in [0, 0.05) is 29.4 Å². The number of rotatable bonds is 29. The van der Waals surface area contributed by atoms with Gasteiger partial charge < -0.3 is 19.3 Å². The number of hydrogen-bond acceptors (Lipinski definition) is 7. The van der Waals surface area contributed by atoms with Gasteiger partial charge in [-0.15, -0.1) is 0 Å². The predicted molar refractivity (Wildman–Crippen MR) is 234 cm³/mol. The van der Waals surface area contributed by atoms with E-state index < -0.39 is 11.4 Å². The average molecular weight is 796 g/mol. The van der Waals surface area contributed by atoms with Crippen LogP contribution in [-0.4, -0.2) is 42.8 Å². The maximum atomic E-state index is 13.0. The molecule has 0 heterocycles. The molecule has 1 aromatic rings. The highest BCUT2D eigenvalue weighted by atomic mass is 16.5. The molecule has 0 aromatic heterocycles. The van der Waals surface area contributed by atoms with Crippen LogP contribution in [0.5, 0.6) is 5.75 Å². The van der Waals surface area contributed by atoms with E-state index in [2.05, 4.69) is 18.7 Å². The van der Waals surface area contributed by atoms with Gasteiger partial charge in [0.05, 0.1) is 26.4 Å². The maximum Gasteiger partial charge on any atom is 0.336 e. The Morgan fingerprint density at radius 2 is 1.07 bits per heavy atom. The zero-order valence-electron chi connectivity index (χ0n) is 37.9. The van der Waals surface area contributed by atoms with Crippen LogP contribution in [0.15, 0.2) is 17.8 Å². The van der Waals surface area contributed by atoms with Gasteiger partial charge in [0.25, 0.3) is 5.70 Å². The van der Waals surface area contributed by atoms with E-state index >= 15 is 0 Å². The molecule has 1 unspecified atom stereocenters. The first-order valence-corrected chi connectivity index (χ1v) is 22.3. The summed E-state index contributed by atoms with van der Waals surface area (Å²) in [5.41, 5.74) is 0.519. The number of ether oxygens (including phenoxy) is 3. The van der Waals surface area contributed by atoms with Gasteiger partial charge in [0.15, 0.2) is 0 Å². The lowest BCUT2D eigenvalue weighted by Crippen LogP contribution is -2.28. The van der Waals surface area contributed by atoms with E-state index in [0.29, 0.717) is 30.9 Å². The van der Waals surface area contributed by atoms with Crippen LogP contribution >= 0.6 is 0 Å². The molecule has 57 heavy (non-hydrogen) atoms. The molecule has 0 bridgehead atoms. The molecule has 1 N–H and O–H groups in total. The third-order valence-corrected chi connectivity index (χ3v) is 10.5. The van der Waals surface area contributed by atoms with Crippen molar-refractivity contribution in [1.82, 2.24) is 0 Å². The Morgan fingerprint density at radius 3 is 1.51 bits per heavy atom. The summed E-state index contributed by atoms with van der Waals surface area (Å²) in [4.78, 5) is 41.6. The first-order chi connectivity index (χ1) is 26.8. The van der Waals surface area contributed by atoms with Gasteiger partial charge in [-0.05, 0) is 66.2 Å². The second-order valence-corrected chi connectivity index (χ2v) is 19.1. The molecule has 8 nitrogen and oxygen atoms in total. The fourth-order valence-electron chi connectivity index (χ4n) is 6.82. The Balaban J connectivity index is 2.54. The smallest absolute Gasteiger partial charge is 0.336 e. The Morgan fingerprint density at radius 1 is 0.649 bits per heavy atom. The van der Waals surface area contributed by atoms with Crippen LogP contribution < -0.4 is 0 Å². The van der Waals surface area contributed by atoms with Crippen molar-refractivity contribution in [1.29, 1.82) is 0 Å². The number of phenols is 1. The summed E-state index contributed by atoms with van der Waals surface area (Å²) >= 11 is 0. The number of aromatic hydroxyl groups is 1. The summed E-state index contributed by atoms with van der Waals surface area (Å²) < 4.78 is 16.8. The van der Waals surface area contributed by atoms with Gasteiger partial charge in [-0.25, -0.2) is 4.85 Å². The van der Waals surface area contributed by atoms with E-state index in [1.807, 2.05) is 67.5 Å². The number of benzene rings is 1. The van der Waals surface area contributed by atoms with Crippen molar-refractivity contribution in [2.75, 3.05) is 19.8 Å². The van der Waals surface area contributed by atoms with Crippen LogP contribution in [0, 0.1) is 17.9 Å². The molecule has 0 aliphatic carbocycles. The minimum atomic E-state index is -0.763. The van der Waals surface area contributed by atoms with Crippen molar-refractivity contribution >= 4 is 24.0 Å². The van der Waals surface area contributed by atoms with Gasteiger partial charge in [0.1, 0.15) is 5.75 Å². The Labute approximate surface area is 348 Å². The molecule has 324 valence electrons. The largest absolute Gasteiger partial charge is 0.507 e. The fourth-order valence-corrected chi connectivity index (χ4v) is 6.82. The summed E-state index contributed by atoms with van der Waals surface area (Å²) in [6.07, 6.45) is 23.2. The molecule has 0 fully saturated rings. The first-order valence-electron chi connectivity index (χ1n) is 22.3. The molecule has 8 heteroatoms. The quantitative estimate of drug-likeness (QED) is 0.0283. The summed E-state index contributed by atoms with van der Waals surface area (Å²) in [7, 11) is 0. The molecule has 0 radical (unpaired) electrons. The lowest BCUT2D eigenvalue weighted by atomic mass is 9.78. The highest BCUT2D eigenvalue weighted by Gasteiger charge is 2.28. The number of carbonyl (C=O) groups is 3. The van der Waals surface area contributed by atoms with Crippen molar-refractivity contribution in [3.8, 4) is 5.75 Å². The van der Waals surface area contributed by atoms with Crippen LogP contribution in [-0.2, 0) is 39.4 Å². The van der Waals surface area contributed by atoms with Crippen LogP contribution in [0.3, 0.4) is 0 Å². The predicted octanol–water partition coefficient (Wildman–Crippen LogP) is 13.4. The Bertz CT molecular complexity index is 1370. The summed E-state index contributed by atoms with van der Waals surface area (Å²) in [6, 6.07) is 3.62. The highest BCUT2D eigenvalue weighted by molar-refractivity contribution is 5.95. The van der Waals surface area contributed by atoms with Gasteiger partial charge in [-0.1, -0.05) is 159 Å². The van der Waals surface area contributed by atoms with Crippen molar-refractivity contribution in [3.05, 3.63) is 45.9 Å². The molecule has 0 amide bonds. The van der Waals surface area contributed by atoms with Crippen molar-refractivity contribution in [2.45, 2.75) is 208 Å². The molecule has 0 aliphatic rings.